The molecular formula is C24H22F3N5O2. The van der Waals surface area contributed by atoms with Gasteiger partial charge in [0.25, 0.3) is 6.43 Å². The van der Waals surface area contributed by atoms with Gasteiger partial charge in [-0.2, -0.15) is 10.2 Å². The lowest BCUT2D eigenvalue weighted by Crippen LogP contribution is -2.19. The first kappa shape index (κ1) is 22.3. The maximum atomic E-state index is 14.7. The van der Waals surface area contributed by atoms with Gasteiger partial charge in [0.15, 0.2) is 5.65 Å². The van der Waals surface area contributed by atoms with Crippen molar-refractivity contribution in [2.24, 2.45) is 0 Å². The largest absolute Gasteiger partial charge is 0.472 e. The Bertz CT molecular complexity index is 1270. The van der Waals surface area contributed by atoms with Crippen molar-refractivity contribution in [2.45, 2.75) is 50.2 Å². The molecule has 1 aromatic carbocycles. The monoisotopic (exact) mass is 469 g/mol. The number of nitriles is 1. The fraction of sp³-hybridized carbons (Fsp3) is 0.417. The number of fused-ring (bicyclic) bond motifs is 1. The van der Waals surface area contributed by atoms with E-state index in [4.69, 9.17) is 9.47 Å². The van der Waals surface area contributed by atoms with E-state index in [2.05, 4.69) is 26.3 Å². The average Bonchev–Trinajstić information content (AvgIpc) is 3.46. The third-order valence-electron chi connectivity index (χ3n) is 6.35. The molecule has 0 unspecified atom stereocenters. The molecule has 10 heteroatoms. The quantitative estimate of drug-likeness (QED) is 0.521. The number of nitrogens with one attached hydrogen (secondary N) is 1. The summed E-state index contributed by atoms with van der Waals surface area (Å²) in [5, 5.41) is 13.5. The van der Waals surface area contributed by atoms with Gasteiger partial charge < -0.3 is 14.8 Å². The fourth-order valence-corrected chi connectivity index (χ4v) is 4.20. The van der Waals surface area contributed by atoms with E-state index in [1.54, 1.807) is 13.0 Å². The lowest BCUT2D eigenvalue weighted by molar-refractivity contribution is 0.137. The van der Waals surface area contributed by atoms with Crippen molar-refractivity contribution in [3.8, 4) is 11.9 Å². The number of anilines is 1. The minimum atomic E-state index is -2.91. The second kappa shape index (κ2) is 8.72. The first-order chi connectivity index (χ1) is 16.4. The van der Waals surface area contributed by atoms with Crippen LogP contribution in [-0.4, -0.2) is 34.3 Å². The molecule has 1 N–H and O–H groups in total. The van der Waals surface area contributed by atoms with Crippen molar-refractivity contribution in [2.75, 3.05) is 18.5 Å². The van der Waals surface area contributed by atoms with E-state index >= 15 is 0 Å². The average molecular weight is 469 g/mol. The third kappa shape index (κ3) is 4.01. The number of hydrogen-bond donors (Lipinski definition) is 1. The van der Waals surface area contributed by atoms with Crippen LogP contribution in [0, 0.1) is 17.1 Å². The zero-order valence-electron chi connectivity index (χ0n) is 18.4. The van der Waals surface area contributed by atoms with Crippen LogP contribution in [0.4, 0.5) is 19.0 Å². The van der Waals surface area contributed by atoms with Crippen LogP contribution < -0.4 is 10.1 Å². The Morgan fingerprint density at radius 1 is 1.26 bits per heavy atom. The Labute approximate surface area is 193 Å². The van der Waals surface area contributed by atoms with Gasteiger partial charge >= 0.3 is 0 Å². The lowest BCUT2D eigenvalue weighted by atomic mass is 9.97. The summed E-state index contributed by atoms with van der Waals surface area (Å²) in [4.78, 5) is 13.1. The van der Waals surface area contributed by atoms with E-state index < -0.39 is 29.3 Å². The zero-order valence-corrected chi connectivity index (χ0v) is 18.4. The van der Waals surface area contributed by atoms with Gasteiger partial charge in [0.1, 0.15) is 24.1 Å². The minimum absolute atomic E-state index is 0.0922. The molecule has 3 aromatic rings. The molecule has 1 aliphatic carbocycles. The van der Waals surface area contributed by atoms with Gasteiger partial charge in [-0.25, -0.2) is 23.1 Å². The first-order valence-corrected chi connectivity index (χ1v) is 11.1. The number of benzene rings is 1. The van der Waals surface area contributed by atoms with Crippen LogP contribution >= 0.6 is 0 Å². The molecule has 1 aliphatic heterocycles. The number of ether oxygens (including phenoxy) is 2. The second-order valence-electron chi connectivity index (χ2n) is 8.65. The summed E-state index contributed by atoms with van der Waals surface area (Å²) in [5.74, 6) is -0.237. The fourth-order valence-electron chi connectivity index (χ4n) is 4.20. The molecule has 2 fully saturated rings. The molecule has 0 radical (unpaired) electrons. The van der Waals surface area contributed by atoms with Crippen LogP contribution in [-0.2, 0) is 10.2 Å². The molecule has 7 nitrogen and oxygen atoms in total. The van der Waals surface area contributed by atoms with E-state index in [9.17, 15) is 18.4 Å². The standard InChI is InChI=1S/C24H22F3N5O2/c1-13(15-3-2-4-16(19(15)25)20(26)27)31-21-17-9-18(24(11-28)6-7-24)23(32-22(17)30-12-29-21)34-14-5-8-33-10-14/h2-4,9,12-14,20H,5-8,10H2,1H3,(H,29,30,31,32)/t13-,14-/m1/s1. The van der Waals surface area contributed by atoms with Gasteiger partial charge in [-0.15, -0.1) is 0 Å². The highest BCUT2D eigenvalue weighted by atomic mass is 19.3. The molecule has 2 aliphatic rings. The maximum Gasteiger partial charge on any atom is 0.266 e. The normalized spacial score (nSPS) is 19.7. The molecule has 3 heterocycles. The van der Waals surface area contributed by atoms with E-state index in [-0.39, 0.29) is 11.7 Å². The first-order valence-electron chi connectivity index (χ1n) is 11.1. The number of nitrogens with zero attached hydrogens (tertiary/aromatic N) is 4. The number of rotatable bonds is 7. The number of halogens is 3. The predicted molar refractivity (Wildman–Crippen MR) is 117 cm³/mol. The van der Waals surface area contributed by atoms with E-state index in [1.165, 1.54) is 18.5 Å². The van der Waals surface area contributed by atoms with Crippen LogP contribution in [0.3, 0.4) is 0 Å². The Balaban J connectivity index is 1.53. The van der Waals surface area contributed by atoms with Gasteiger partial charge in [-0.1, -0.05) is 18.2 Å². The summed E-state index contributed by atoms with van der Waals surface area (Å²) in [6, 6.07) is 7.43. The summed E-state index contributed by atoms with van der Waals surface area (Å²) < 4.78 is 52.5. The molecule has 0 spiro atoms. The van der Waals surface area contributed by atoms with Crippen molar-refractivity contribution < 1.29 is 22.6 Å². The summed E-state index contributed by atoms with van der Waals surface area (Å²) in [6.45, 7) is 2.72. The van der Waals surface area contributed by atoms with E-state index in [0.717, 1.165) is 12.5 Å². The smallest absolute Gasteiger partial charge is 0.266 e. The lowest BCUT2D eigenvalue weighted by Gasteiger charge is -2.20. The van der Waals surface area contributed by atoms with Gasteiger partial charge in [0, 0.05) is 17.5 Å². The van der Waals surface area contributed by atoms with Gasteiger partial charge in [-0.05, 0) is 25.8 Å². The van der Waals surface area contributed by atoms with E-state index in [0.29, 0.717) is 54.4 Å². The predicted octanol–water partition coefficient (Wildman–Crippen LogP) is 5.00. The van der Waals surface area contributed by atoms with Crippen LogP contribution in [0.15, 0.2) is 30.6 Å². The zero-order chi connectivity index (χ0) is 23.9. The van der Waals surface area contributed by atoms with Gasteiger partial charge in [0.05, 0.1) is 41.7 Å². The summed E-state index contributed by atoms with van der Waals surface area (Å²) in [5.41, 5.74) is -0.241. The molecule has 1 saturated carbocycles. The molecule has 176 valence electrons. The molecule has 0 amide bonds. The van der Waals surface area contributed by atoms with Crippen molar-refractivity contribution in [3.05, 3.63) is 53.1 Å². The van der Waals surface area contributed by atoms with Gasteiger partial charge in [-0.3, -0.25) is 0 Å². The maximum absolute atomic E-state index is 14.7. The molecule has 1 saturated heterocycles. The number of hydrogen-bond acceptors (Lipinski definition) is 7. The molecule has 0 bridgehead atoms. The van der Waals surface area contributed by atoms with Crippen LogP contribution in [0.5, 0.6) is 5.88 Å². The highest BCUT2D eigenvalue weighted by Gasteiger charge is 2.48. The van der Waals surface area contributed by atoms with Crippen LogP contribution in [0.1, 0.15) is 55.3 Å². The summed E-state index contributed by atoms with van der Waals surface area (Å²) in [6.07, 6.45) is 0.358. The van der Waals surface area contributed by atoms with Gasteiger partial charge in [0.2, 0.25) is 5.88 Å². The third-order valence-corrected chi connectivity index (χ3v) is 6.35. The number of alkyl halides is 2. The highest BCUT2D eigenvalue weighted by molar-refractivity contribution is 5.88. The second-order valence-corrected chi connectivity index (χ2v) is 8.65. The topological polar surface area (TPSA) is 93.0 Å². The number of pyridine rings is 1. The Morgan fingerprint density at radius 3 is 2.74 bits per heavy atom. The summed E-state index contributed by atoms with van der Waals surface area (Å²) >= 11 is 0. The van der Waals surface area contributed by atoms with E-state index in [1.807, 2.05) is 0 Å². The Morgan fingerprint density at radius 2 is 2.06 bits per heavy atom. The van der Waals surface area contributed by atoms with Crippen molar-refractivity contribution in [3.63, 3.8) is 0 Å². The highest BCUT2D eigenvalue weighted by Crippen LogP contribution is 2.51. The summed E-state index contributed by atoms with van der Waals surface area (Å²) in [7, 11) is 0. The molecular weight excluding hydrogens is 447 g/mol. The number of aromatic nitrogens is 3. The molecule has 34 heavy (non-hydrogen) atoms. The molecule has 5 rings (SSSR count). The van der Waals surface area contributed by atoms with Crippen LogP contribution in [0.25, 0.3) is 11.0 Å². The minimum Gasteiger partial charge on any atom is -0.472 e. The van der Waals surface area contributed by atoms with Crippen molar-refractivity contribution >= 4 is 16.9 Å². The SMILES string of the molecule is C[C@@H](Nc1ncnc2nc(O[C@@H]3CCOC3)c(C3(C#N)CC3)cc12)c1cccc(C(F)F)c1F. The van der Waals surface area contributed by atoms with Crippen molar-refractivity contribution in [1.29, 1.82) is 5.26 Å². The molecule has 2 aromatic heterocycles. The Kier molecular flexibility index (Phi) is 5.73. The Hall–Kier alpha value is -3.45. The van der Waals surface area contributed by atoms with Crippen LogP contribution in [0.2, 0.25) is 0 Å². The molecule has 2 atom stereocenters. The van der Waals surface area contributed by atoms with Crippen molar-refractivity contribution in [1.82, 2.24) is 15.0 Å².